The van der Waals surface area contributed by atoms with Gasteiger partial charge >= 0.3 is 0 Å². The zero-order valence-electron chi connectivity index (χ0n) is 15.7. The largest absolute Gasteiger partial charge is 0.377 e. The van der Waals surface area contributed by atoms with Gasteiger partial charge in [0.15, 0.2) is 0 Å². The van der Waals surface area contributed by atoms with Gasteiger partial charge in [-0.1, -0.05) is 6.07 Å². The van der Waals surface area contributed by atoms with Crippen LogP contribution in [0.2, 0.25) is 0 Å². The molecule has 1 unspecified atom stereocenters. The highest BCUT2D eigenvalue weighted by Gasteiger charge is 2.55. The summed E-state index contributed by atoms with van der Waals surface area (Å²) in [4.78, 5) is 21.2. The maximum absolute atomic E-state index is 13.7. The van der Waals surface area contributed by atoms with E-state index in [-0.39, 0.29) is 23.4 Å². The normalized spacial score (nSPS) is 21.2. The van der Waals surface area contributed by atoms with Crippen LogP contribution in [0.25, 0.3) is 0 Å². The molecule has 0 radical (unpaired) electrons. The fourth-order valence-corrected chi connectivity index (χ4v) is 4.45. The van der Waals surface area contributed by atoms with E-state index in [0.29, 0.717) is 18.7 Å². The number of methoxy groups -OCH3 is 1. The van der Waals surface area contributed by atoms with Crippen LogP contribution in [0, 0.1) is 12.7 Å². The molecule has 0 bridgehead atoms. The number of nitrogens with zero attached hydrogens (tertiary/aromatic N) is 3. The van der Waals surface area contributed by atoms with Crippen molar-refractivity contribution in [1.82, 2.24) is 9.88 Å². The van der Waals surface area contributed by atoms with Gasteiger partial charge in [0.1, 0.15) is 5.82 Å². The van der Waals surface area contributed by atoms with Gasteiger partial charge in [-0.25, -0.2) is 4.39 Å². The van der Waals surface area contributed by atoms with Crippen molar-refractivity contribution in [3.8, 4) is 0 Å². The highest BCUT2D eigenvalue weighted by atomic mass is 19.1. The molecule has 142 valence electrons. The van der Waals surface area contributed by atoms with Crippen LogP contribution >= 0.6 is 0 Å². The minimum absolute atomic E-state index is 0.0287. The SMILES string of the molecule is COC1CN(c2cccc(F)c2)C12CCN(C(=O)c1cccnc1C)CC2. The van der Waals surface area contributed by atoms with E-state index in [1.807, 2.05) is 24.0 Å². The molecule has 1 aromatic carbocycles. The summed E-state index contributed by atoms with van der Waals surface area (Å²) in [7, 11) is 1.73. The number of carbonyl (C=O) groups is 1. The molecule has 2 fully saturated rings. The molecule has 27 heavy (non-hydrogen) atoms. The zero-order valence-corrected chi connectivity index (χ0v) is 15.7. The Morgan fingerprint density at radius 1 is 1.26 bits per heavy atom. The van der Waals surface area contributed by atoms with Gasteiger partial charge in [-0.2, -0.15) is 0 Å². The molecule has 1 spiro atoms. The Balaban J connectivity index is 1.52. The van der Waals surface area contributed by atoms with E-state index in [1.54, 1.807) is 31.5 Å². The molecule has 0 aliphatic carbocycles. The van der Waals surface area contributed by atoms with Crippen molar-refractivity contribution in [2.75, 3.05) is 31.6 Å². The standard InChI is InChI=1S/C21H24FN3O2/c1-15-18(7-4-10-23-15)20(26)24-11-8-21(9-12-24)19(27-2)14-25(21)17-6-3-5-16(22)13-17/h3-7,10,13,19H,8-9,11-12,14H2,1-2H3. The summed E-state index contributed by atoms with van der Waals surface area (Å²) < 4.78 is 19.4. The van der Waals surface area contributed by atoms with E-state index < -0.39 is 0 Å². The Morgan fingerprint density at radius 3 is 2.70 bits per heavy atom. The first-order valence-corrected chi connectivity index (χ1v) is 9.32. The summed E-state index contributed by atoms with van der Waals surface area (Å²) >= 11 is 0. The third kappa shape index (κ3) is 2.98. The monoisotopic (exact) mass is 369 g/mol. The van der Waals surface area contributed by atoms with Crippen LogP contribution in [-0.2, 0) is 4.74 Å². The zero-order chi connectivity index (χ0) is 19.0. The van der Waals surface area contributed by atoms with E-state index in [4.69, 9.17) is 4.74 Å². The highest BCUT2D eigenvalue weighted by Crippen LogP contribution is 2.44. The van der Waals surface area contributed by atoms with Crippen LogP contribution in [0.4, 0.5) is 10.1 Å². The summed E-state index contributed by atoms with van der Waals surface area (Å²) in [5.41, 5.74) is 2.12. The number of ether oxygens (including phenoxy) is 1. The first-order chi connectivity index (χ1) is 13.0. The van der Waals surface area contributed by atoms with Crippen LogP contribution in [-0.4, -0.2) is 54.2 Å². The molecule has 2 aliphatic rings. The predicted octanol–water partition coefficient (Wildman–Crippen LogP) is 3.04. The number of likely N-dealkylation sites (tertiary alicyclic amines) is 1. The topological polar surface area (TPSA) is 45.7 Å². The molecule has 1 amide bonds. The Hall–Kier alpha value is -2.47. The van der Waals surface area contributed by atoms with Crippen LogP contribution < -0.4 is 4.90 Å². The van der Waals surface area contributed by atoms with E-state index in [1.165, 1.54) is 6.07 Å². The maximum atomic E-state index is 13.7. The molecule has 6 heteroatoms. The first-order valence-electron chi connectivity index (χ1n) is 9.32. The Morgan fingerprint density at radius 2 is 2.04 bits per heavy atom. The summed E-state index contributed by atoms with van der Waals surface area (Å²) in [6.07, 6.45) is 3.39. The summed E-state index contributed by atoms with van der Waals surface area (Å²) in [6.45, 7) is 3.91. The number of hydrogen-bond acceptors (Lipinski definition) is 4. The smallest absolute Gasteiger partial charge is 0.255 e. The van der Waals surface area contributed by atoms with Crippen molar-refractivity contribution in [3.05, 3.63) is 59.7 Å². The van der Waals surface area contributed by atoms with E-state index >= 15 is 0 Å². The minimum Gasteiger partial charge on any atom is -0.377 e. The van der Waals surface area contributed by atoms with Gasteiger partial charge in [-0.05, 0) is 50.1 Å². The molecule has 5 nitrogen and oxygen atoms in total. The lowest BCUT2D eigenvalue weighted by molar-refractivity contribution is -0.0433. The molecule has 2 aliphatic heterocycles. The van der Waals surface area contributed by atoms with Gasteiger partial charge in [0.05, 0.1) is 17.2 Å². The summed E-state index contributed by atoms with van der Waals surface area (Å²) in [5.74, 6) is -0.204. The molecule has 0 N–H and O–H groups in total. The number of amides is 1. The number of piperidine rings is 1. The fraction of sp³-hybridized carbons (Fsp3) is 0.429. The van der Waals surface area contributed by atoms with Crippen molar-refractivity contribution < 1.29 is 13.9 Å². The Kier molecular flexibility index (Phi) is 4.60. The van der Waals surface area contributed by atoms with Crippen molar-refractivity contribution in [1.29, 1.82) is 0 Å². The number of anilines is 1. The quantitative estimate of drug-likeness (QED) is 0.834. The fourth-order valence-electron chi connectivity index (χ4n) is 4.45. The molecule has 2 saturated heterocycles. The highest BCUT2D eigenvalue weighted by molar-refractivity contribution is 5.95. The minimum atomic E-state index is -0.233. The molecular weight excluding hydrogens is 345 g/mol. The van der Waals surface area contributed by atoms with Crippen molar-refractivity contribution in [2.24, 2.45) is 0 Å². The molecule has 0 saturated carbocycles. The number of aryl methyl sites for hydroxylation is 1. The number of aromatic nitrogens is 1. The number of pyridine rings is 1. The average molecular weight is 369 g/mol. The van der Waals surface area contributed by atoms with E-state index in [9.17, 15) is 9.18 Å². The van der Waals surface area contributed by atoms with E-state index in [2.05, 4.69) is 9.88 Å². The second kappa shape index (κ2) is 6.93. The lowest BCUT2D eigenvalue weighted by atomic mass is 9.73. The molecule has 1 aromatic heterocycles. The van der Waals surface area contributed by atoms with Crippen molar-refractivity contribution in [3.63, 3.8) is 0 Å². The molecular formula is C21H24FN3O2. The van der Waals surface area contributed by atoms with E-state index in [0.717, 1.165) is 30.8 Å². The lowest BCUT2D eigenvalue weighted by Gasteiger charge is -2.61. The van der Waals surface area contributed by atoms with Crippen LogP contribution in [0.1, 0.15) is 28.9 Å². The number of benzene rings is 1. The van der Waals surface area contributed by atoms with Crippen molar-refractivity contribution >= 4 is 11.6 Å². The second-order valence-electron chi connectivity index (χ2n) is 7.35. The number of rotatable bonds is 3. The van der Waals surface area contributed by atoms with Gasteiger partial charge in [0.2, 0.25) is 0 Å². The maximum Gasteiger partial charge on any atom is 0.255 e. The molecule has 3 heterocycles. The third-order valence-electron chi connectivity index (χ3n) is 6.04. The Bertz CT molecular complexity index is 849. The second-order valence-corrected chi connectivity index (χ2v) is 7.35. The summed E-state index contributed by atoms with van der Waals surface area (Å²) in [6, 6.07) is 10.3. The first kappa shape index (κ1) is 17.9. The van der Waals surface area contributed by atoms with Crippen LogP contribution in [0.3, 0.4) is 0 Å². The van der Waals surface area contributed by atoms with Gasteiger partial charge in [0.25, 0.3) is 5.91 Å². The van der Waals surface area contributed by atoms with Crippen LogP contribution in [0.5, 0.6) is 0 Å². The molecule has 4 rings (SSSR count). The number of halogens is 1. The van der Waals surface area contributed by atoms with Gasteiger partial charge in [0, 0.05) is 44.3 Å². The molecule has 2 aromatic rings. The number of hydrogen-bond donors (Lipinski definition) is 0. The lowest BCUT2D eigenvalue weighted by Crippen LogP contribution is -2.74. The number of carbonyl (C=O) groups excluding carboxylic acids is 1. The predicted molar refractivity (Wildman–Crippen MR) is 101 cm³/mol. The average Bonchev–Trinajstić information content (AvgIpc) is 2.67. The Labute approximate surface area is 158 Å². The van der Waals surface area contributed by atoms with Gasteiger partial charge in [-0.3, -0.25) is 9.78 Å². The van der Waals surface area contributed by atoms with Crippen LogP contribution in [0.15, 0.2) is 42.6 Å². The third-order valence-corrected chi connectivity index (χ3v) is 6.04. The summed E-state index contributed by atoms with van der Waals surface area (Å²) in [5, 5.41) is 0. The van der Waals surface area contributed by atoms with Gasteiger partial charge in [-0.15, -0.1) is 0 Å². The molecule has 1 atom stereocenters. The van der Waals surface area contributed by atoms with Gasteiger partial charge < -0.3 is 14.5 Å². The van der Waals surface area contributed by atoms with Crippen molar-refractivity contribution in [2.45, 2.75) is 31.4 Å².